The fraction of sp³-hybridized carbons (Fsp3) is 0.333. The summed E-state index contributed by atoms with van der Waals surface area (Å²) in [6, 6.07) is 5.39. The van der Waals surface area contributed by atoms with Crippen LogP contribution in [0.25, 0.3) is 0 Å². The smallest absolute Gasteiger partial charge is 0.251 e. The highest BCUT2D eigenvalue weighted by molar-refractivity contribution is 8.00. The zero-order valence-electron chi connectivity index (χ0n) is 9.58. The lowest BCUT2D eigenvalue weighted by atomic mass is 10.2. The highest BCUT2D eigenvalue weighted by Crippen LogP contribution is 2.31. The zero-order chi connectivity index (χ0) is 12.3. The van der Waals surface area contributed by atoms with Crippen LogP contribution in [0.5, 0.6) is 0 Å². The predicted molar refractivity (Wildman–Crippen MR) is 68.4 cm³/mol. The lowest BCUT2D eigenvalue weighted by Gasteiger charge is -2.16. The van der Waals surface area contributed by atoms with E-state index < -0.39 is 0 Å². The first-order valence-corrected chi connectivity index (χ1v) is 6.54. The molecule has 2 N–H and O–H groups in total. The molecule has 0 radical (unpaired) electrons. The van der Waals surface area contributed by atoms with Crippen LogP contribution in [0, 0.1) is 0 Å². The molecule has 2 rings (SSSR count). The Morgan fingerprint density at radius 2 is 2.35 bits per heavy atom. The van der Waals surface area contributed by atoms with Gasteiger partial charge < -0.3 is 10.6 Å². The van der Waals surface area contributed by atoms with Crippen LogP contribution >= 0.6 is 11.8 Å². The minimum absolute atomic E-state index is 0.0198. The first-order chi connectivity index (χ1) is 8.20. The monoisotopic (exact) mass is 250 g/mol. The maximum Gasteiger partial charge on any atom is 0.251 e. The van der Waals surface area contributed by atoms with Gasteiger partial charge in [0, 0.05) is 17.0 Å². The Labute approximate surface area is 104 Å². The van der Waals surface area contributed by atoms with Gasteiger partial charge in [-0.3, -0.25) is 9.59 Å². The van der Waals surface area contributed by atoms with Crippen LogP contribution in [0.2, 0.25) is 0 Å². The van der Waals surface area contributed by atoms with Crippen molar-refractivity contribution >= 4 is 29.3 Å². The third-order valence-corrected chi connectivity index (χ3v) is 3.48. The lowest BCUT2D eigenvalue weighted by molar-refractivity contribution is -0.113. The van der Waals surface area contributed by atoms with Crippen LogP contribution in [-0.2, 0) is 4.79 Å². The molecule has 2 amide bonds. The van der Waals surface area contributed by atoms with Gasteiger partial charge in [0.25, 0.3) is 5.91 Å². The fourth-order valence-electron chi connectivity index (χ4n) is 1.56. The van der Waals surface area contributed by atoms with Crippen molar-refractivity contribution in [2.75, 3.05) is 17.6 Å². The number of nitrogens with one attached hydrogen (secondary N) is 2. The molecule has 1 aliphatic heterocycles. The van der Waals surface area contributed by atoms with E-state index in [1.54, 1.807) is 12.1 Å². The molecule has 4 nitrogen and oxygen atoms in total. The van der Waals surface area contributed by atoms with Crippen molar-refractivity contribution in [3.8, 4) is 0 Å². The molecular weight excluding hydrogens is 236 g/mol. The zero-order valence-corrected chi connectivity index (χ0v) is 10.4. The minimum Gasteiger partial charge on any atom is -0.352 e. The van der Waals surface area contributed by atoms with Crippen molar-refractivity contribution < 1.29 is 9.59 Å². The molecule has 90 valence electrons. The Morgan fingerprint density at radius 3 is 3.12 bits per heavy atom. The van der Waals surface area contributed by atoms with Gasteiger partial charge in [0.1, 0.15) is 0 Å². The van der Waals surface area contributed by atoms with Crippen molar-refractivity contribution in [1.82, 2.24) is 5.32 Å². The summed E-state index contributed by atoms with van der Waals surface area (Å²) in [5.41, 5.74) is 1.32. The van der Waals surface area contributed by atoms with Crippen molar-refractivity contribution in [2.45, 2.75) is 18.2 Å². The Hall–Kier alpha value is -1.49. The molecule has 1 aromatic rings. The van der Waals surface area contributed by atoms with Crippen LogP contribution in [-0.4, -0.2) is 24.1 Å². The Morgan fingerprint density at radius 1 is 1.53 bits per heavy atom. The number of anilines is 1. The lowest BCUT2D eigenvalue weighted by Crippen LogP contribution is -2.25. The van der Waals surface area contributed by atoms with E-state index in [9.17, 15) is 9.59 Å². The molecule has 0 bridgehead atoms. The van der Waals surface area contributed by atoms with Crippen molar-refractivity contribution in [1.29, 1.82) is 0 Å². The molecule has 0 atom stereocenters. The van der Waals surface area contributed by atoms with Crippen LogP contribution in [0.4, 0.5) is 5.69 Å². The van der Waals surface area contributed by atoms with E-state index in [4.69, 9.17) is 0 Å². The average molecular weight is 250 g/mol. The van der Waals surface area contributed by atoms with E-state index in [1.165, 1.54) is 11.8 Å². The number of rotatable bonds is 3. The number of thioether (sulfide) groups is 1. The van der Waals surface area contributed by atoms with Gasteiger partial charge in [-0.1, -0.05) is 6.92 Å². The van der Waals surface area contributed by atoms with Gasteiger partial charge in [0.15, 0.2) is 0 Å². The highest BCUT2D eigenvalue weighted by atomic mass is 32.2. The first-order valence-electron chi connectivity index (χ1n) is 5.55. The maximum atomic E-state index is 11.7. The Kier molecular flexibility index (Phi) is 3.68. The Balaban J connectivity index is 2.18. The maximum absolute atomic E-state index is 11.7. The molecule has 0 spiro atoms. The molecule has 0 saturated heterocycles. The number of hydrogen-bond donors (Lipinski definition) is 2. The molecule has 0 aliphatic carbocycles. The van der Waals surface area contributed by atoms with E-state index in [1.807, 2.05) is 13.0 Å². The number of hydrogen-bond acceptors (Lipinski definition) is 3. The second-order valence-corrected chi connectivity index (χ2v) is 4.82. The van der Waals surface area contributed by atoms with E-state index in [0.717, 1.165) is 17.0 Å². The second-order valence-electron chi connectivity index (χ2n) is 3.80. The standard InChI is InChI=1S/C12H14N2O2S/c1-2-5-13-12(16)8-3-4-10-9(6-8)14-11(15)7-17-10/h3-4,6H,2,5,7H2,1H3,(H,13,16)(H,14,15). The van der Waals surface area contributed by atoms with Gasteiger partial charge in [-0.25, -0.2) is 0 Å². The third-order valence-electron chi connectivity index (χ3n) is 2.41. The van der Waals surface area contributed by atoms with Crippen molar-refractivity contribution in [2.24, 2.45) is 0 Å². The number of amides is 2. The number of benzene rings is 1. The van der Waals surface area contributed by atoms with E-state index in [0.29, 0.717) is 17.9 Å². The quantitative estimate of drug-likeness (QED) is 0.861. The van der Waals surface area contributed by atoms with Crippen LogP contribution in [0.1, 0.15) is 23.7 Å². The Bertz CT molecular complexity index is 460. The van der Waals surface area contributed by atoms with Gasteiger partial charge in [0.2, 0.25) is 5.91 Å². The molecule has 0 aromatic heterocycles. The number of carbonyl (C=O) groups is 2. The van der Waals surface area contributed by atoms with E-state index in [2.05, 4.69) is 10.6 Å². The van der Waals surface area contributed by atoms with Crippen LogP contribution in [0.3, 0.4) is 0 Å². The van der Waals surface area contributed by atoms with Gasteiger partial charge in [-0.05, 0) is 24.6 Å². The van der Waals surface area contributed by atoms with Crippen LogP contribution in [0.15, 0.2) is 23.1 Å². The SMILES string of the molecule is CCCNC(=O)c1ccc2c(c1)NC(=O)CS2. The van der Waals surface area contributed by atoms with Crippen LogP contribution < -0.4 is 10.6 Å². The summed E-state index contributed by atoms with van der Waals surface area (Å²) in [6.45, 7) is 2.67. The average Bonchev–Trinajstić information content (AvgIpc) is 2.35. The third kappa shape index (κ3) is 2.79. The van der Waals surface area contributed by atoms with Gasteiger partial charge in [0.05, 0.1) is 11.4 Å². The summed E-state index contributed by atoms with van der Waals surface area (Å²) in [5, 5.41) is 5.58. The van der Waals surface area contributed by atoms with Crippen molar-refractivity contribution in [3.05, 3.63) is 23.8 Å². The summed E-state index contributed by atoms with van der Waals surface area (Å²) >= 11 is 1.49. The molecule has 1 aliphatic rings. The normalized spacial score (nSPS) is 13.8. The number of fused-ring (bicyclic) bond motifs is 1. The molecular formula is C12H14N2O2S. The molecule has 1 heterocycles. The topological polar surface area (TPSA) is 58.2 Å². The first kappa shape index (κ1) is 12.0. The molecule has 17 heavy (non-hydrogen) atoms. The summed E-state index contributed by atoms with van der Waals surface area (Å²) in [4.78, 5) is 24.0. The van der Waals surface area contributed by atoms with E-state index in [-0.39, 0.29) is 11.8 Å². The largest absolute Gasteiger partial charge is 0.352 e. The van der Waals surface area contributed by atoms with Crippen molar-refractivity contribution in [3.63, 3.8) is 0 Å². The highest BCUT2D eigenvalue weighted by Gasteiger charge is 2.16. The summed E-state index contributed by atoms with van der Waals surface area (Å²) in [6.07, 6.45) is 0.906. The molecule has 0 fully saturated rings. The summed E-state index contributed by atoms with van der Waals surface area (Å²) in [5.74, 6) is 0.321. The summed E-state index contributed by atoms with van der Waals surface area (Å²) < 4.78 is 0. The molecule has 5 heteroatoms. The molecule has 1 aromatic carbocycles. The number of carbonyl (C=O) groups excluding carboxylic acids is 2. The molecule has 0 unspecified atom stereocenters. The minimum atomic E-state index is -0.0977. The van der Waals surface area contributed by atoms with Gasteiger partial charge >= 0.3 is 0 Å². The van der Waals surface area contributed by atoms with Gasteiger partial charge in [-0.15, -0.1) is 11.8 Å². The van der Waals surface area contributed by atoms with Gasteiger partial charge in [-0.2, -0.15) is 0 Å². The predicted octanol–water partition coefficient (Wildman–Crippen LogP) is 1.87. The van der Waals surface area contributed by atoms with E-state index >= 15 is 0 Å². The molecule has 0 saturated carbocycles. The fourth-order valence-corrected chi connectivity index (χ4v) is 2.35. The second kappa shape index (κ2) is 5.23. The summed E-state index contributed by atoms with van der Waals surface area (Å²) in [7, 11) is 0.